The molecule has 0 spiro atoms. The number of hydrogen-bond donors (Lipinski definition) is 4. The summed E-state index contributed by atoms with van der Waals surface area (Å²) in [5, 5.41) is 18.1. The van der Waals surface area contributed by atoms with Crippen LogP contribution in [0.5, 0.6) is 5.75 Å². The lowest BCUT2D eigenvalue weighted by Crippen LogP contribution is -2.47. The topological polar surface area (TPSA) is 109 Å². The first-order chi connectivity index (χ1) is 16.0. The first-order valence-corrected chi connectivity index (χ1v) is 11.1. The Hall–Kier alpha value is -3.17. The number of carbonyl (C=O) groups excluding carboxylic acids is 2. The van der Waals surface area contributed by atoms with Gasteiger partial charge in [0, 0.05) is 29.4 Å². The number of hydrogen-bond acceptors (Lipinski definition) is 5. The third-order valence-electron chi connectivity index (χ3n) is 5.84. The van der Waals surface area contributed by atoms with Crippen molar-refractivity contribution in [2.45, 2.75) is 50.4 Å². The SMILES string of the molecule is CCCNC(=O)C[C@H]1C[C@@H]2c3cc(NC(=O)Nc4ccc(F)cc4)ccc3O[C@@H]2[C@@H](CO)O1. The fraction of sp³-hybridized carbons (Fsp3) is 0.417. The molecule has 8 nitrogen and oxygen atoms in total. The number of anilines is 2. The average molecular weight is 458 g/mol. The van der Waals surface area contributed by atoms with Crippen molar-refractivity contribution in [2.75, 3.05) is 23.8 Å². The predicted octanol–water partition coefficient (Wildman–Crippen LogP) is 3.38. The molecular formula is C24H28FN3O5. The van der Waals surface area contributed by atoms with E-state index in [4.69, 9.17) is 9.47 Å². The summed E-state index contributed by atoms with van der Waals surface area (Å²) in [6.07, 6.45) is 0.397. The van der Waals surface area contributed by atoms with Crippen LogP contribution in [-0.2, 0) is 9.53 Å². The summed E-state index contributed by atoms with van der Waals surface area (Å²) in [4.78, 5) is 24.5. The van der Waals surface area contributed by atoms with Gasteiger partial charge in [0.25, 0.3) is 0 Å². The lowest BCUT2D eigenvalue weighted by Gasteiger charge is -2.37. The van der Waals surface area contributed by atoms with Crippen LogP contribution >= 0.6 is 0 Å². The van der Waals surface area contributed by atoms with Crippen molar-refractivity contribution in [1.82, 2.24) is 5.32 Å². The molecule has 1 fully saturated rings. The summed E-state index contributed by atoms with van der Waals surface area (Å²) in [5.41, 5.74) is 1.94. The number of urea groups is 1. The fourth-order valence-electron chi connectivity index (χ4n) is 4.34. The summed E-state index contributed by atoms with van der Waals surface area (Å²) >= 11 is 0. The predicted molar refractivity (Wildman–Crippen MR) is 121 cm³/mol. The molecule has 9 heteroatoms. The van der Waals surface area contributed by atoms with Gasteiger partial charge in [0.2, 0.25) is 5.91 Å². The lowest BCUT2D eigenvalue weighted by molar-refractivity contribution is -0.142. The van der Waals surface area contributed by atoms with Gasteiger partial charge >= 0.3 is 6.03 Å². The molecule has 33 heavy (non-hydrogen) atoms. The third kappa shape index (κ3) is 5.43. The Morgan fingerprint density at radius 3 is 2.58 bits per heavy atom. The molecule has 3 amide bonds. The normalized spacial score (nSPS) is 23.1. The quantitative estimate of drug-likeness (QED) is 0.510. The minimum Gasteiger partial charge on any atom is -0.487 e. The maximum Gasteiger partial charge on any atom is 0.323 e. The molecule has 0 bridgehead atoms. The number of ether oxygens (including phenoxy) is 2. The Balaban J connectivity index is 1.45. The Morgan fingerprint density at radius 2 is 1.85 bits per heavy atom. The number of benzene rings is 2. The lowest BCUT2D eigenvalue weighted by atomic mass is 9.84. The molecule has 0 aromatic heterocycles. The standard InChI is InChI=1S/C24H28FN3O5/c1-2-9-26-22(30)12-17-11-19-18-10-16(7-8-20(18)33-23(19)21(13-29)32-17)28-24(31)27-15-5-3-14(25)4-6-15/h3-8,10,17,19,21,23,29H,2,9,11-13H2,1H3,(H,26,30)(H2,27,28,31)/t17-,19-,21-,23+/m1/s1. The van der Waals surface area contributed by atoms with Gasteiger partial charge in [-0.2, -0.15) is 0 Å². The Labute approximate surface area is 191 Å². The smallest absolute Gasteiger partial charge is 0.323 e. The van der Waals surface area contributed by atoms with E-state index in [0.717, 1.165) is 12.0 Å². The van der Waals surface area contributed by atoms with Crippen LogP contribution in [0.3, 0.4) is 0 Å². The number of rotatable bonds is 7. The van der Waals surface area contributed by atoms with Gasteiger partial charge in [-0.15, -0.1) is 0 Å². The first kappa shape index (κ1) is 23.0. The highest BCUT2D eigenvalue weighted by molar-refractivity contribution is 5.99. The number of halogens is 1. The van der Waals surface area contributed by atoms with Crippen LogP contribution < -0.4 is 20.7 Å². The van der Waals surface area contributed by atoms with Crippen LogP contribution in [0.2, 0.25) is 0 Å². The van der Waals surface area contributed by atoms with Crippen LogP contribution in [0.15, 0.2) is 42.5 Å². The second kappa shape index (κ2) is 10.2. The molecule has 1 saturated heterocycles. The van der Waals surface area contributed by atoms with Gasteiger partial charge in [0.05, 0.1) is 19.1 Å². The molecule has 176 valence electrons. The highest BCUT2D eigenvalue weighted by Crippen LogP contribution is 2.47. The minimum absolute atomic E-state index is 0.0724. The van der Waals surface area contributed by atoms with E-state index in [0.29, 0.717) is 30.1 Å². The minimum atomic E-state index is -0.543. The summed E-state index contributed by atoms with van der Waals surface area (Å²) in [6.45, 7) is 2.39. The Bertz CT molecular complexity index is 1000. The van der Waals surface area contributed by atoms with Crippen molar-refractivity contribution in [1.29, 1.82) is 0 Å². The highest BCUT2D eigenvalue weighted by Gasteiger charge is 2.46. The number of aliphatic hydroxyl groups excluding tert-OH is 1. The molecule has 2 heterocycles. The summed E-state index contributed by atoms with van der Waals surface area (Å²) in [5.74, 6) is 0.140. The van der Waals surface area contributed by atoms with Crippen molar-refractivity contribution in [3.8, 4) is 5.75 Å². The maximum atomic E-state index is 13.1. The van der Waals surface area contributed by atoms with Crippen molar-refractivity contribution in [2.24, 2.45) is 0 Å². The molecule has 0 aliphatic carbocycles. The molecule has 2 aromatic rings. The van der Waals surface area contributed by atoms with Crippen molar-refractivity contribution < 1.29 is 28.6 Å². The summed E-state index contributed by atoms with van der Waals surface area (Å²) in [7, 11) is 0. The fourth-order valence-corrected chi connectivity index (χ4v) is 4.34. The first-order valence-electron chi connectivity index (χ1n) is 11.1. The van der Waals surface area contributed by atoms with E-state index in [-0.39, 0.29) is 42.9 Å². The Morgan fingerprint density at radius 1 is 1.12 bits per heavy atom. The van der Waals surface area contributed by atoms with E-state index in [1.54, 1.807) is 12.1 Å². The van der Waals surface area contributed by atoms with Crippen LogP contribution in [0.25, 0.3) is 0 Å². The van der Waals surface area contributed by atoms with E-state index < -0.39 is 12.1 Å². The molecule has 4 atom stereocenters. The number of aliphatic hydroxyl groups is 1. The summed E-state index contributed by atoms with van der Waals surface area (Å²) < 4.78 is 25.1. The molecule has 0 radical (unpaired) electrons. The van der Waals surface area contributed by atoms with Crippen LogP contribution in [0, 0.1) is 5.82 Å². The molecule has 4 rings (SSSR count). The van der Waals surface area contributed by atoms with Gasteiger partial charge in [0.1, 0.15) is 23.8 Å². The molecule has 2 aliphatic rings. The van der Waals surface area contributed by atoms with E-state index in [2.05, 4.69) is 16.0 Å². The van der Waals surface area contributed by atoms with Gasteiger partial charge in [0.15, 0.2) is 0 Å². The largest absolute Gasteiger partial charge is 0.487 e. The van der Waals surface area contributed by atoms with Crippen LogP contribution in [0.1, 0.15) is 37.7 Å². The third-order valence-corrected chi connectivity index (χ3v) is 5.84. The van der Waals surface area contributed by atoms with Gasteiger partial charge in [-0.25, -0.2) is 9.18 Å². The second-order valence-corrected chi connectivity index (χ2v) is 8.30. The van der Waals surface area contributed by atoms with Crippen LogP contribution in [0.4, 0.5) is 20.6 Å². The van der Waals surface area contributed by atoms with Gasteiger partial charge < -0.3 is 30.5 Å². The molecule has 2 aromatic carbocycles. The van der Waals surface area contributed by atoms with E-state index in [1.807, 2.05) is 13.0 Å². The van der Waals surface area contributed by atoms with Gasteiger partial charge in [-0.05, 0) is 55.3 Å². The molecule has 0 saturated carbocycles. The van der Waals surface area contributed by atoms with Gasteiger partial charge in [-0.1, -0.05) is 6.92 Å². The van der Waals surface area contributed by atoms with E-state index in [1.165, 1.54) is 24.3 Å². The number of carbonyl (C=O) groups is 2. The van der Waals surface area contributed by atoms with Gasteiger partial charge in [-0.3, -0.25) is 4.79 Å². The average Bonchev–Trinajstić information content (AvgIpc) is 3.16. The van der Waals surface area contributed by atoms with E-state index >= 15 is 0 Å². The molecule has 2 aliphatic heterocycles. The van der Waals surface area contributed by atoms with E-state index in [9.17, 15) is 19.1 Å². The molecule has 0 unspecified atom stereocenters. The van der Waals surface area contributed by atoms with Crippen molar-refractivity contribution >= 4 is 23.3 Å². The molecule has 4 N–H and O–H groups in total. The number of amides is 3. The monoisotopic (exact) mass is 457 g/mol. The zero-order chi connectivity index (χ0) is 23.4. The summed E-state index contributed by atoms with van der Waals surface area (Å²) in [6, 6.07) is 10.4. The highest BCUT2D eigenvalue weighted by atomic mass is 19.1. The molecular weight excluding hydrogens is 429 g/mol. The maximum absolute atomic E-state index is 13.1. The number of nitrogens with one attached hydrogen (secondary N) is 3. The van der Waals surface area contributed by atoms with Crippen molar-refractivity contribution in [3.63, 3.8) is 0 Å². The second-order valence-electron chi connectivity index (χ2n) is 8.30. The van der Waals surface area contributed by atoms with Crippen LogP contribution in [-0.4, -0.2) is 48.5 Å². The zero-order valence-electron chi connectivity index (χ0n) is 18.3. The zero-order valence-corrected chi connectivity index (χ0v) is 18.3. The van der Waals surface area contributed by atoms with Crippen molar-refractivity contribution in [3.05, 3.63) is 53.8 Å². The number of fused-ring (bicyclic) bond motifs is 3. The Kier molecular flexibility index (Phi) is 7.10.